The summed E-state index contributed by atoms with van der Waals surface area (Å²) in [7, 11) is 0. The molecule has 0 amide bonds. The molecule has 100 valence electrons. The molecule has 0 radical (unpaired) electrons. The summed E-state index contributed by atoms with van der Waals surface area (Å²) in [6.07, 6.45) is 3.30. The Balaban J connectivity index is 1.66. The normalized spacial score (nSPS) is 19.8. The van der Waals surface area contributed by atoms with Crippen LogP contribution in [0.1, 0.15) is 24.8 Å². The highest BCUT2D eigenvalue weighted by Gasteiger charge is 2.13. The van der Waals surface area contributed by atoms with Crippen molar-refractivity contribution in [2.45, 2.75) is 32.5 Å². The summed E-state index contributed by atoms with van der Waals surface area (Å²) in [6, 6.07) is 5.96. The van der Waals surface area contributed by atoms with Gasteiger partial charge in [0.1, 0.15) is 12.4 Å². The fourth-order valence-corrected chi connectivity index (χ4v) is 2.14. The van der Waals surface area contributed by atoms with Gasteiger partial charge < -0.3 is 14.2 Å². The van der Waals surface area contributed by atoms with Crippen molar-refractivity contribution in [3.05, 3.63) is 28.2 Å². The number of halogens is 1. The maximum absolute atomic E-state index is 5.63. The Morgan fingerprint density at radius 2 is 2.22 bits per heavy atom. The molecular formula is C14H19BrO3. The van der Waals surface area contributed by atoms with Crippen molar-refractivity contribution in [1.29, 1.82) is 0 Å². The average Bonchev–Trinajstić information content (AvgIpc) is 2.40. The Bertz CT molecular complexity index is 375. The summed E-state index contributed by atoms with van der Waals surface area (Å²) >= 11 is 3.47. The van der Waals surface area contributed by atoms with Gasteiger partial charge in [0.25, 0.3) is 0 Å². The van der Waals surface area contributed by atoms with Crippen molar-refractivity contribution in [3.63, 3.8) is 0 Å². The Hall–Kier alpha value is -0.580. The summed E-state index contributed by atoms with van der Waals surface area (Å²) in [5.41, 5.74) is 1.17. The Morgan fingerprint density at radius 3 is 2.94 bits per heavy atom. The van der Waals surface area contributed by atoms with Crippen molar-refractivity contribution < 1.29 is 14.2 Å². The molecule has 3 nitrogen and oxygen atoms in total. The third-order valence-electron chi connectivity index (χ3n) is 2.92. The Morgan fingerprint density at radius 1 is 1.33 bits per heavy atom. The van der Waals surface area contributed by atoms with Crippen LogP contribution in [0.4, 0.5) is 0 Å². The predicted octanol–water partition coefficient (Wildman–Crippen LogP) is 3.68. The Labute approximate surface area is 117 Å². The van der Waals surface area contributed by atoms with Gasteiger partial charge in [-0.3, -0.25) is 0 Å². The third kappa shape index (κ3) is 4.26. The van der Waals surface area contributed by atoms with Crippen molar-refractivity contribution in [3.8, 4) is 5.75 Å². The van der Waals surface area contributed by atoms with Crippen molar-refractivity contribution in [2.24, 2.45) is 0 Å². The quantitative estimate of drug-likeness (QED) is 0.776. The molecule has 18 heavy (non-hydrogen) atoms. The SMILES string of the molecule is Cc1cc(OCCOC2CCCCO2)ccc1Br. The number of aryl methyl sites for hydroxylation is 1. The van der Waals surface area contributed by atoms with Gasteiger partial charge in [0, 0.05) is 11.1 Å². The van der Waals surface area contributed by atoms with Crippen LogP contribution in [0.2, 0.25) is 0 Å². The van der Waals surface area contributed by atoms with E-state index in [0.717, 1.165) is 29.7 Å². The van der Waals surface area contributed by atoms with Crippen molar-refractivity contribution in [1.82, 2.24) is 0 Å². The smallest absolute Gasteiger partial charge is 0.157 e. The van der Waals surface area contributed by atoms with Gasteiger partial charge in [-0.25, -0.2) is 0 Å². The molecule has 1 aromatic carbocycles. The second kappa shape index (κ2) is 7.12. The lowest BCUT2D eigenvalue weighted by Crippen LogP contribution is -2.24. The molecule has 0 saturated carbocycles. The van der Waals surface area contributed by atoms with Crippen LogP contribution < -0.4 is 4.74 Å². The van der Waals surface area contributed by atoms with E-state index in [-0.39, 0.29) is 6.29 Å². The van der Waals surface area contributed by atoms with Gasteiger partial charge in [-0.15, -0.1) is 0 Å². The highest BCUT2D eigenvalue weighted by Crippen LogP contribution is 2.21. The van der Waals surface area contributed by atoms with E-state index in [9.17, 15) is 0 Å². The zero-order valence-corrected chi connectivity index (χ0v) is 12.2. The van der Waals surface area contributed by atoms with Crippen LogP contribution >= 0.6 is 15.9 Å². The minimum atomic E-state index is -0.0333. The van der Waals surface area contributed by atoms with Crippen LogP contribution in [0.5, 0.6) is 5.75 Å². The molecule has 1 aromatic rings. The summed E-state index contributed by atoms with van der Waals surface area (Å²) in [5, 5.41) is 0. The molecule has 1 fully saturated rings. The molecule has 1 atom stereocenters. The molecule has 2 rings (SSSR count). The predicted molar refractivity (Wildman–Crippen MR) is 73.9 cm³/mol. The summed E-state index contributed by atoms with van der Waals surface area (Å²) in [6.45, 7) is 3.99. The van der Waals surface area contributed by atoms with E-state index in [0.29, 0.717) is 13.2 Å². The molecule has 1 saturated heterocycles. The van der Waals surface area contributed by atoms with Gasteiger partial charge in [-0.1, -0.05) is 15.9 Å². The molecule has 0 N–H and O–H groups in total. The third-order valence-corrected chi connectivity index (χ3v) is 3.81. The van der Waals surface area contributed by atoms with Crippen LogP contribution in [0.15, 0.2) is 22.7 Å². The summed E-state index contributed by atoms with van der Waals surface area (Å²) < 4.78 is 17.8. The molecule has 0 spiro atoms. The summed E-state index contributed by atoms with van der Waals surface area (Å²) in [5.74, 6) is 0.879. The van der Waals surface area contributed by atoms with Gasteiger partial charge in [0.05, 0.1) is 6.61 Å². The lowest BCUT2D eigenvalue weighted by molar-refractivity contribution is -0.165. The molecule has 0 aromatic heterocycles. The Kier molecular flexibility index (Phi) is 5.47. The van der Waals surface area contributed by atoms with Crippen molar-refractivity contribution in [2.75, 3.05) is 19.8 Å². The van der Waals surface area contributed by atoms with Crippen LogP contribution in [0, 0.1) is 6.92 Å². The zero-order chi connectivity index (χ0) is 12.8. The van der Waals surface area contributed by atoms with E-state index in [1.54, 1.807) is 0 Å². The van der Waals surface area contributed by atoms with Gasteiger partial charge >= 0.3 is 0 Å². The van der Waals surface area contributed by atoms with E-state index < -0.39 is 0 Å². The van der Waals surface area contributed by atoms with Gasteiger partial charge in [0.2, 0.25) is 0 Å². The first kappa shape index (κ1) is 13.8. The fraction of sp³-hybridized carbons (Fsp3) is 0.571. The largest absolute Gasteiger partial charge is 0.491 e. The standard InChI is InChI=1S/C14H19BrO3/c1-11-10-12(5-6-13(11)15)16-8-9-18-14-4-2-3-7-17-14/h5-6,10,14H,2-4,7-9H2,1H3. The molecule has 4 heteroatoms. The molecule has 1 unspecified atom stereocenters. The number of hydrogen-bond acceptors (Lipinski definition) is 3. The lowest BCUT2D eigenvalue weighted by Gasteiger charge is -2.22. The minimum Gasteiger partial charge on any atom is -0.491 e. The minimum absolute atomic E-state index is 0.0333. The second-order valence-corrected chi connectivity index (χ2v) is 5.28. The average molecular weight is 315 g/mol. The molecule has 0 bridgehead atoms. The van der Waals surface area contributed by atoms with Crippen LogP contribution in [0.25, 0.3) is 0 Å². The maximum atomic E-state index is 5.63. The van der Waals surface area contributed by atoms with E-state index >= 15 is 0 Å². The van der Waals surface area contributed by atoms with E-state index in [1.165, 1.54) is 12.0 Å². The van der Waals surface area contributed by atoms with E-state index in [1.807, 2.05) is 25.1 Å². The topological polar surface area (TPSA) is 27.7 Å². The lowest BCUT2D eigenvalue weighted by atomic mass is 10.2. The van der Waals surface area contributed by atoms with E-state index in [4.69, 9.17) is 14.2 Å². The first-order valence-electron chi connectivity index (χ1n) is 6.38. The van der Waals surface area contributed by atoms with Gasteiger partial charge in [0.15, 0.2) is 6.29 Å². The summed E-state index contributed by atoms with van der Waals surface area (Å²) in [4.78, 5) is 0. The molecule has 1 aliphatic rings. The van der Waals surface area contributed by atoms with Gasteiger partial charge in [-0.05, 0) is 49.9 Å². The molecule has 1 heterocycles. The van der Waals surface area contributed by atoms with Crippen LogP contribution in [-0.4, -0.2) is 26.1 Å². The monoisotopic (exact) mass is 314 g/mol. The number of benzene rings is 1. The molecule has 0 aliphatic carbocycles. The van der Waals surface area contributed by atoms with Crippen LogP contribution in [0.3, 0.4) is 0 Å². The second-order valence-electron chi connectivity index (χ2n) is 4.43. The fourth-order valence-electron chi connectivity index (χ4n) is 1.89. The number of ether oxygens (including phenoxy) is 3. The first-order valence-corrected chi connectivity index (χ1v) is 7.17. The zero-order valence-electron chi connectivity index (χ0n) is 10.7. The maximum Gasteiger partial charge on any atom is 0.157 e. The number of hydrogen-bond donors (Lipinski definition) is 0. The van der Waals surface area contributed by atoms with Gasteiger partial charge in [-0.2, -0.15) is 0 Å². The van der Waals surface area contributed by atoms with Crippen molar-refractivity contribution >= 4 is 15.9 Å². The highest BCUT2D eigenvalue weighted by molar-refractivity contribution is 9.10. The number of rotatable bonds is 5. The van der Waals surface area contributed by atoms with Crippen LogP contribution in [-0.2, 0) is 9.47 Å². The van der Waals surface area contributed by atoms with E-state index in [2.05, 4.69) is 15.9 Å². The first-order chi connectivity index (χ1) is 8.75. The molecular weight excluding hydrogens is 296 g/mol. The molecule has 1 aliphatic heterocycles. The highest BCUT2D eigenvalue weighted by atomic mass is 79.9.